The Morgan fingerprint density at radius 2 is 2.15 bits per heavy atom. The largest absolute Gasteiger partial charge is 0.496 e. The SMILES string of the molecule is COc1ccc(-c2nnc(CCNC(C)C)o2)cc1Br. The smallest absolute Gasteiger partial charge is 0.247 e. The number of benzene rings is 1. The zero-order chi connectivity index (χ0) is 14.5. The van der Waals surface area contributed by atoms with Gasteiger partial charge in [-0.3, -0.25) is 0 Å². The number of aromatic nitrogens is 2. The standard InChI is InChI=1S/C14H18BrN3O2/c1-9(2)16-7-6-13-17-18-14(20-13)10-4-5-12(19-3)11(15)8-10/h4-5,8-9,16H,6-7H2,1-3H3. The van der Waals surface area contributed by atoms with Crippen LogP contribution in [0.4, 0.5) is 0 Å². The second-order valence-corrected chi connectivity index (χ2v) is 5.56. The van der Waals surface area contributed by atoms with Gasteiger partial charge in [0.15, 0.2) is 0 Å². The number of rotatable bonds is 6. The molecule has 0 aliphatic carbocycles. The monoisotopic (exact) mass is 339 g/mol. The molecule has 0 radical (unpaired) electrons. The molecule has 1 aromatic carbocycles. The summed E-state index contributed by atoms with van der Waals surface area (Å²) in [5.41, 5.74) is 0.869. The summed E-state index contributed by atoms with van der Waals surface area (Å²) in [5, 5.41) is 11.4. The van der Waals surface area contributed by atoms with Crippen molar-refractivity contribution in [2.24, 2.45) is 0 Å². The Bertz CT molecular complexity index is 569. The summed E-state index contributed by atoms with van der Waals surface area (Å²) in [6, 6.07) is 6.12. The van der Waals surface area contributed by atoms with Gasteiger partial charge in [0.1, 0.15) is 5.75 Å². The van der Waals surface area contributed by atoms with Crippen molar-refractivity contribution in [3.63, 3.8) is 0 Å². The van der Waals surface area contributed by atoms with Gasteiger partial charge >= 0.3 is 0 Å². The highest BCUT2D eigenvalue weighted by molar-refractivity contribution is 9.10. The minimum absolute atomic E-state index is 0.454. The average Bonchev–Trinajstić information content (AvgIpc) is 2.87. The molecule has 0 aliphatic rings. The van der Waals surface area contributed by atoms with Gasteiger partial charge in [-0.25, -0.2) is 0 Å². The number of ether oxygens (including phenoxy) is 1. The van der Waals surface area contributed by atoms with Crippen LogP contribution < -0.4 is 10.1 Å². The summed E-state index contributed by atoms with van der Waals surface area (Å²) in [6.07, 6.45) is 0.725. The van der Waals surface area contributed by atoms with Crippen LogP contribution in [-0.2, 0) is 6.42 Å². The van der Waals surface area contributed by atoms with Gasteiger partial charge in [-0.1, -0.05) is 13.8 Å². The van der Waals surface area contributed by atoms with E-state index in [1.165, 1.54) is 0 Å². The van der Waals surface area contributed by atoms with Crippen molar-refractivity contribution in [3.05, 3.63) is 28.6 Å². The first-order chi connectivity index (χ1) is 9.60. The minimum Gasteiger partial charge on any atom is -0.496 e. The summed E-state index contributed by atoms with van der Waals surface area (Å²) < 4.78 is 11.7. The fraction of sp³-hybridized carbons (Fsp3) is 0.429. The Labute approximate surface area is 126 Å². The zero-order valence-corrected chi connectivity index (χ0v) is 13.4. The molecule has 0 aliphatic heterocycles. The quantitative estimate of drug-likeness (QED) is 0.876. The predicted octanol–water partition coefficient (Wildman–Crippen LogP) is 3.05. The molecule has 2 rings (SSSR count). The Balaban J connectivity index is 2.06. The molecule has 6 heteroatoms. The molecule has 0 bridgehead atoms. The maximum atomic E-state index is 5.66. The maximum absolute atomic E-state index is 5.66. The summed E-state index contributed by atoms with van der Waals surface area (Å²) in [4.78, 5) is 0. The van der Waals surface area contributed by atoms with Gasteiger partial charge in [0.2, 0.25) is 11.8 Å². The molecular weight excluding hydrogens is 322 g/mol. The molecule has 1 aromatic heterocycles. The molecule has 0 saturated carbocycles. The van der Waals surface area contributed by atoms with Crippen molar-refractivity contribution in [2.75, 3.05) is 13.7 Å². The first-order valence-electron chi connectivity index (χ1n) is 6.50. The van der Waals surface area contributed by atoms with Crippen LogP contribution >= 0.6 is 15.9 Å². The van der Waals surface area contributed by atoms with E-state index in [-0.39, 0.29) is 0 Å². The van der Waals surface area contributed by atoms with E-state index in [0.29, 0.717) is 17.8 Å². The van der Waals surface area contributed by atoms with Crippen molar-refractivity contribution in [1.82, 2.24) is 15.5 Å². The third-order valence-corrected chi connectivity index (χ3v) is 3.38. The number of hydrogen-bond donors (Lipinski definition) is 1. The van der Waals surface area contributed by atoms with Crippen molar-refractivity contribution in [2.45, 2.75) is 26.3 Å². The summed E-state index contributed by atoms with van der Waals surface area (Å²) in [5.74, 6) is 1.93. The van der Waals surface area contributed by atoms with Gasteiger partial charge in [-0.15, -0.1) is 10.2 Å². The Hall–Kier alpha value is -1.40. The lowest BCUT2D eigenvalue weighted by molar-refractivity contribution is 0.412. The van der Waals surface area contributed by atoms with Crippen LogP contribution in [0.5, 0.6) is 5.75 Å². The fourth-order valence-electron chi connectivity index (χ4n) is 1.74. The molecule has 0 fully saturated rings. The summed E-state index contributed by atoms with van der Waals surface area (Å²) in [6.45, 7) is 5.04. The van der Waals surface area contributed by atoms with Crippen LogP contribution in [0.2, 0.25) is 0 Å². The molecule has 1 heterocycles. The van der Waals surface area contributed by atoms with Gasteiger partial charge < -0.3 is 14.5 Å². The van der Waals surface area contributed by atoms with E-state index in [0.717, 1.165) is 28.8 Å². The molecule has 5 nitrogen and oxygen atoms in total. The van der Waals surface area contributed by atoms with Crippen LogP contribution in [-0.4, -0.2) is 29.9 Å². The van der Waals surface area contributed by atoms with E-state index < -0.39 is 0 Å². The van der Waals surface area contributed by atoms with E-state index >= 15 is 0 Å². The first-order valence-corrected chi connectivity index (χ1v) is 7.29. The second kappa shape index (κ2) is 6.85. The van der Waals surface area contributed by atoms with Gasteiger partial charge in [0.05, 0.1) is 11.6 Å². The Kier molecular flexibility index (Phi) is 5.14. The van der Waals surface area contributed by atoms with Crippen LogP contribution in [0.15, 0.2) is 27.1 Å². The number of halogens is 1. The predicted molar refractivity (Wildman–Crippen MR) is 80.8 cm³/mol. The molecule has 0 unspecified atom stereocenters. The lowest BCUT2D eigenvalue weighted by Gasteiger charge is -2.05. The topological polar surface area (TPSA) is 60.2 Å². The van der Waals surface area contributed by atoms with Crippen LogP contribution in [0.25, 0.3) is 11.5 Å². The molecule has 0 amide bonds. The number of nitrogens with one attached hydrogen (secondary N) is 1. The van der Waals surface area contributed by atoms with Crippen molar-refractivity contribution < 1.29 is 9.15 Å². The average molecular weight is 340 g/mol. The van der Waals surface area contributed by atoms with Crippen molar-refractivity contribution in [1.29, 1.82) is 0 Å². The van der Waals surface area contributed by atoms with Crippen LogP contribution in [0.3, 0.4) is 0 Å². The molecule has 0 spiro atoms. The molecule has 0 atom stereocenters. The molecule has 2 aromatic rings. The molecular formula is C14H18BrN3O2. The third kappa shape index (κ3) is 3.80. The number of hydrogen-bond acceptors (Lipinski definition) is 5. The lowest BCUT2D eigenvalue weighted by Crippen LogP contribution is -2.25. The third-order valence-electron chi connectivity index (χ3n) is 2.76. The normalized spacial score (nSPS) is 11.1. The van der Waals surface area contributed by atoms with Crippen LogP contribution in [0, 0.1) is 0 Å². The fourth-order valence-corrected chi connectivity index (χ4v) is 2.28. The highest BCUT2D eigenvalue weighted by Crippen LogP contribution is 2.29. The van der Waals surface area contributed by atoms with Crippen molar-refractivity contribution >= 4 is 15.9 Å². The summed E-state index contributed by atoms with van der Waals surface area (Å²) in [7, 11) is 1.63. The van der Waals surface area contributed by atoms with Gasteiger partial charge in [-0.05, 0) is 34.1 Å². The van der Waals surface area contributed by atoms with Gasteiger partial charge in [0.25, 0.3) is 0 Å². The lowest BCUT2D eigenvalue weighted by atomic mass is 10.2. The Morgan fingerprint density at radius 1 is 1.35 bits per heavy atom. The van der Waals surface area contributed by atoms with Gasteiger partial charge in [-0.2, -0.15) is 0 Å². The van der Waals surface area contributed by atoms with E-state index in [1.807, 2.05) is 18.2 Å². The van der Waals surface area contributed by atoms with E-state index in [4.69, 9.17) is 9.15 Å². The molecule has 1 N–H and O–H groups in total. The summed E-state index contributed by atoms with van der Waals surface area (Å²) >= 11 is 3.44. The minimum atomic E-state index is 0.454. The van der Waals surface area contributed by atoms with Crippen LogP contribution in [0.1, 0.15) is 19.7 Å². The highest BCUT2D eigenvalue weighted by Gasteiger charge is 2.10. The molecule has 20 heavy (non-hydrogen) atoms. The van der Waals surface area contributed by atoms with Crippen molar-refractivity contribution in [3.8, 4) is 17.2 Å². The van der Waals surface area contributed by atoms with E-state index in [2.05, 4.69) is 45.3 Å². The maximum Gasteiger partial charge on any atom is 0.247 e. The van der Waals surface area contributed by atoms with E-state index in [1.54, 1.807) is 7.11 Å². The molecule has 0 saturated heterocycles. The zero-order valence-electron chi connectivity index (χ0n) is 11.8. The second-order valence-electron chi connectivity index (χ2n) is 4.71. The first kappa shape index (κ1) is 15.0. The van der Waals surface area contributed by atoms with E-state index in [9.17, 15) is 0 Å². The number of methoxy groups -OCH3 is 1. The molecule has 108 valence electrons. The highest BCUT2D eigenvalue weighted by atomic mass is 79.9. The Morgan fingerprint density at radius 3 is 2.80 bits per heavy atom. The number of nitrogens with zero attached hydrogens (tertiary/aromatic N) is 2. The van der Waals surface area contributed by atoms with Gasteiger partial charge in [0, 0.05) is 24.6 Å².